The highest BCUT2D eigenvalue weighted by Gasteiger charge is 2.34. The zero-order valence-corrected chi connectivity index (χ0v) is 16.1. The molecule has 0 spiro atoms. The summed E-state index contributed by atoms with van der Waals surface area (Å²) in [4.78, 5) is 12.8. The monoisotopic (exact) mass is 394 g/mol. The summed E-state index contributed by atoms with van der Waals surface area (Å²) in [5, 5.41) is 10.5. The van der Waals surface area contributed by atoms with Gasteiger partial charge in [-0.3, -0.25) is 9.48 Å². The van der Waals surface area contributed by atoms with Crippen molar-refractivity contribution in [2.75, 3.05) is 18.4 Å². The molecule has 2 atom stereocenters. The highest BCUT2D eigenvalue weighted by atomic mass is 19.1. The van der Waals surface area contributed by atoms with Crippen molar-refractivity contribution >= 4 is 11.6 Å². The summed E-state index contributed by atoms with van der Waals surface area (Å²) in [5.41, 5.74) is 2.26. The third-order valence-corrected chi connectivity index (χ3v) is 5.18. The third-order valence-electron chi connectivity index (χ3n) is 5.18. The van der Waals surface area contributed by atoms with Gasteiger partial charge < -0.3 is 15.4 Å². The first-order valence-electron chi connectivity index (χ1n) is 9.56. The predicted octanol–water partition coefficient (Wildman–Crippen LogP) is 3.08. The molecule has 1 fully saturated rings. The minimum absolute atomic E-state index is 0.0242. The number of rotatable bonds is 6. The van der Waals surface area contributed by atoms with Crippen molar-refractivity contribution < 1.29 is 13.9 Å². The molecule has 2 N–H and O–H groups in total. The molecule has 0 aliphatic carbocycles. The summed E-state index contributed by atoms with van der Waals surface area (Å²) < 4.78 is 21.1. The van der Waals surface area contributed by atoms with Gasteiger partial charge in [0.1, 0.15) is 18.2 Å². The molecule has 1 aromatic heterocycles. The van der Waals surface area contributed by atoms with E-state index in [-0.39, 0.29) is 30.2 Å². The molecule has 29 heavy (non-hydrogen) atoms. The van der Waals surface area contributed by atoms with Crippen molar-refractivity contribution in [3.63, 3.8) is 0 Å². The molecule has 0 radical (unpaired) electrons. The first-order chi connectivity index (χ1) is 14.1. The fourth-order valence-electron chi connectivity index (χ4n) is 3.58. The van der Waals surface area contributed by atoms with Crippen LogP contribution in [0, 0.1) is 11.7 Å². The van der Waals surface area contributed by atoms with Crippen molar-refractivity contribution in [1.82, 2.24) is 15.1 Å². The molecular weight excluding hydrogens is 371 g/mol. The molecule has 0 saturated carbocycles. The Morgan fingerprint density at radius 3 is 2.76 bits per heavy atom. The van der Waals surface area contributed by atoms with Crippen molar-refractivity contribution in [2.45, 2.75) is 12.5 Å². The standard InChI is InChI=1S/C22H23FN4O2/c1-27-13-16(10-25-27)19-11-24-12-20(19)22(28)26-17-6-8-18(9-7-17)29-14-15-4-2-3-5-21(15)23/h2-10,13,19-20,24H,11-12,14H2,1H3,(H,26,28)/t19-,20+/m1/s1. The van der Waals surface area contributed by atoms with Crippen LogP contribution in [-0.2, 0) is 18.4 Å². The molecule has 150 valence electrons. The normalized spacial score (nSPS) is 18.6. The number of anilines is 1. The molecule has 1 saturated heterocycles. The molecule has 7 heteroatoms. The van der Waals surface area contributed by atoms with E-state index in [1.54, 1.807) is 47.1 Å². The van der Waals surface area contributed by atoms with E-state index in [9.17, 15) is 9.18 Å². The number of carbonyl (C=O) groups excluding carboxylic acids is 1. The first-order valence-corrected chi connectivity index (χ1v) is 9.56. The SMILES string of the molecule is Cn1cc([C@H]2CNC[C@@H]2C(=O)Nc2ccc(OCc3ccccc3F)cc2)cn1. The van der Waals surface area contributed by atoms with Crippen molar-refractivity contribution in [1.29, 1.82) is 0 Å². The van der Waals surface area contributed by atoms with Crippen LogP contribution in [0.15, 0.2) is 60.9 Å². The lowest BCUT2D eigenvalue weighted by atomic mass is 9.90. The molecule has 2 heterocycles. The summed E-state index contributed by atoms with van der Waals surface area (Å²) in [6.07, 6.45) is 3.78. The van der Waals surface area contributed by atoms with Gasteiger partial charge in [0.05, 0.1) is 12.1 Å². The van der Waals surface area contributed by atoms with Crippen molar-refractivity contribution in [2.24, 2.45) is 13.0 Å². The number of halogens is 1. The van der Waals surface area contributed by atoms with Gasteiger partial charge >= 0.3 is 0 Å². The van der Waals surface area contributed by atoms with Crippen LogP contribution in [-0.4, -0.2) is 28.8 Å². The molecule has 1 amide bonds. The van der Waals surface area contributed by atoms with E-state index in [1.165, 1.54) is 6.07 Å². The molecule has 4 rings (SSSR count). The van der Waals surface area contributed by atoms with Gasteiger partial charge in [0.25, 0.3) is 0 Å². The molecule has 1 aliphatic rings. The average Bonchev–Trinajstić information content (AvgIpc) is 3.37. The Kier molecular flexibility index (Phi) is 5.57. The lowest BCUT2D eigenvalue weighted by Crippen LogP contribution is -2.28. The topological polar surface area (TPSA) is 68.2 Å². The van der Waals surface area contributed by atoms with Crippen LogP contribution < -0.4 is 15.4 Å². The van der Waals surface area contributed by atoms with Gasteiger partial charge in [-0.25, -0.2) is 4.39 Å². The molecule has 0 unspecified atom stereocenters. The number of aromatic nitrogens is 2. The number of hydrogen-bond acceptors (Lipinski definition) is 4. The Hall–Kier alpha value is -3.19. The zero-order valence-electron chi connectivity index (χ0n) is 16.1. The van der Waals surface area contributed by atoms with E-state index in [4.69, 9.17) is 4.74 Å². The largest absolute Gasteiger partial charge is 0.489 e. The fourth-order valence-corrected chi connectivity index (χ4v) is 3.58. The number of hydrogen-bond donors (Lipinski definition) is 2. The van der Waals surface area contributed by atoms with E-state index in [1.807, 2.05) is 19.4 Å². The average molecular weight is 394 g/mol. The van der Waals surface area contributed by atoms with Gasteiger partial charge in [-0.1, -0.05) is 18.2 Å². The fraction of sp³-hybridized carbons (Fsp3) is 0.273. The van der Waals surface area contributed by atoms with Gasteiger partial charge in [-0.2, -0.15) is 5.10 Å². The minimum atomic E-state index is -0.287. The zero-order chi connectivity index (χ0) is 20.2. The second-order valence-corrected chi connectivity index (χ2v) is 7.21. The summed E-state index contributed by atoms with van der Waals surface area (Å²) >= 11 is 0. The van der Waals surface area contributed by atoms with E-state index < -0.39 is 0 Å². The molecule has 2 aromatic carbocycles. The van der Waals surface area contributed by atoms with Gasteiger partial charge in [0.2, 0.25) is 5.91 Å². The highest BCUT2D eigenvalue weighted by Crippen LogP contribution is 2.29. The van der Waals surface area contributed by atoms with Crippen LogP contribution >= 0.6 is 0 Å². The lowest BCUT2D eigenvalue weighted by Gasteiger charge is -2.17. The Morgan fingerprint density at radius 2 is 2.03 bits per heavy atom. The van der Waals surface area contributed by atoms with E-state index in [0.717, 1.165) is 12.1 Å². The van der Waals surface area contributed by atoms with Crippen LogP contribution in [0.2, 0.25) is 0 Å². The summed E-state index contributed by atoms with van der Waals surface area (Å²) in [5.74, 6) is 0.249. The van der Waals surface area contributed by atoms with Crippen LogP contribution in [0.25, 0.3) is 0 Å². The number of aryl methyl sites for hydroxylation is 1. The van der Waals surface area contributed by atoms with Crippen LogP contribution in [0.3, 0.4) is 0 Å². The van der Waals surface area contributed by atoms with Crippen molar-refractivity contribution in [3.8, 4) is 5.75 Å². The smallest absolute Gasteiger partial charge is 0.229 e. The van der Waals surface area contributed by atoms with E-state index >= 15 is 0 Å². The third kappa shape index (κ3) is 4.46. The number of nitrogens with one attached hydrogen (secondary N) is 2. The number of nitrogens with zero attached hydrogens (tertiary/aromatic N) is 2. The molecule has 0 bridgehead atoms. The predicted molar refractivity (Wildman–Crippen MR) is 108 cm³/mol. The van der Waals surface area contributed by atoms with Gasteiger partial charge in [0, 0.05) is 43.5 Å². The molecule has 3 aromatic rings. The second kappa shape index (κ2) is 8.45. The lowest BCUT2D eigenvalue weighted by molar-refractivity contribution is -0.119. The number of ether oxygens (including phenoxy) is 1. The van der Waals surface area contributed by atoms with E-state index in [2.05, 4.69) is 15.7 Å². The Bertz CT molecular complexity index is 986. The van der Waals surface area contributed by atoms with Gasteiger partial charge in [0.15, 0.2) is 0 Å². The number of benzene rings is 2. The first kappa shape index (κ1) is 19.1. The summed E-state index contributed by atoms with van der Waals surface area (Å²) in [6.45, 7) is 1.54. The van der Waals surface area contributed by atoms with Crippen LogP contribution in [0.5, 0.6) is 5.75 Å². The second-order valence-electron chi connectivity index (χ2n) is 7.21. The maximum Gasteiger partial charge on any atom is 0.229 e. The van der Waals surface area contributed by atoms with Crippen molar-refractivity contribution in [3.05, 3.63) is 77.9 Å². The minimum Gasteiger partial charge on any atom is -0.489 e. The molecular formula is C22H23FN4O2. The van der Waals surface area contributed by atoms with Gasteiger partial charge in [-0.15, -0.1) is 0 Å². The quantitative estimate of drug-likeness (QED) is 0.674. The van der Waals surface area contributed by atoms with Crippen LogP contribution in [0.1, 0.15) is 17.0 Å². The molecule has 6 nitrogen and oxygen atoms in total. The Labute approximate surface area is 168 Å². The maximum absolute atomic E-state index is 13.7. The highest BCUT2D eigenvalue weighted by molar-refractivity contribution is 5.93. The maximum atomic E-state index is 13.7. The number of carbonyl (C=O) groups is 1. The Morgan fingerprint density at radius 1 is 1.24 bits per heavy atom. The Balaban J connectivity index is 1.35. The van der Waals surface area contributed by atoms with Crippen LogP contribution in [0.4, 0.5) is 10.1 Å². The van der Waals surface area contributed by atoms with E-state index in [0.29, 0.717) is 23.5 Å². The summed E-state index contributed by atoms with van der Waals surface area (Å²) in [6, 6.07) is 13.6. The van der Waals surface area contributed by atoms with Gasteiger partial charge in [-0.05, 0) is 35.9 Å². The number of amides is 1. The molecule has 1 aliphatic heterocycles. The summed E-state index contributed by atoms with van der Waals surface area (Å²) in [7, 11) is 1.87.